The van der Waals surface area contributed by atoms with Gasteiger partial charge in [0.05, 0.1) is 0 Å². The molecule has 5 rings (SSSR count). The molecule has 1 aliphatic rings. The summed E-state index contributed by atoms with van der Waals surface area (Å²) in [4.78, 5) is 0. The van der Waals surface area contributed by atoms with Gasteiger partial charge in [-0.2, -0.15) is 0 Å². The van der Waals surface area contributed by atoms with Crippen LogP contribution in [-0.2, 0) is 0 Å². The van der Waals surface area contributed by atoms with Gasteiger partial charge in [0.2, 0.25) is 0 Å². The summed E-state index contributed by atoms with van der Waals surface area (Å²) in [5.41, 5.74) is 5.98. The summed E-state index contributed by atoms with van der Waals surface area (Å²) in [5.74, 6) is 1.73. The van der Waals surface area contributed by atoms with E-state index in [1.54, 1.807) is 0 Å². The molecule has 1 fully saturated rings. The summed E-state index contributed by atoms with van der Waals surface area (Å²) in [6.07, 6.45) is 1.17. The fraction of sp³-hybridized carbons (Fsp3) is 0.250. The van der Waals surface area contributed by atoms with Gasteiger partial charge >= 0.3 is 0 Å². The highest BCUT2D eigenvalue weighted by molar-refractivity contribution is 5.41. The third kappa shape index (κ3) is 3.91. The molecule has 32 heavy (non-hydrogen) atoms. The Labute approximate surface area is 193 Å². The first-order chi connectivity index (χ1) is 15.6. The van der Waals surface area contributed by atoms with Crippen LogP contribution < -0.4 is 0 Å². The Hall–Kier alpha value is -3.12. The van der Waals surface area contributed by atoms with Crippen molar-refractivity contribution in [3.05, 3.63) is 144 Å². The zero-order valence-electron chi connectivity index (χ0n) is 19.1. The van der Waals surface area contributed by atoms with Gasteiger partial charge in [-0.15, -0.1) is 0 Å². The first-order valence-electron chi connectivity index (χ1n) is 11.8. The second-order valence-electron chi connectivity index (χ2n) is 9.97. The van der Waals surface area contributed by atoms with Gasteiger partial charge in [-0.05, 0) is 57.8 Å². The number of hydrogen-bond acceptors (Lipinski definition) is 0. The topological polar surface area (TPSA) is 0 Å². The van der Waals surface area contributed by atoms with Crippen LogP contribution in [0.25, 0.3) is 0 Å². The lowest BCUT2D eigenvalue weighted by molar-refractivity contribution is 0.132. The third-order valence-electron chi connectivity index (χ3n) is 7.52. The van der Waals surface area contributed by atoms with Crippen molar-refractivity contribution in [2.24, 2.45) is 5.41 Å². The van der Waals surface area contributed by atoms with Crippen LogP contribution in [0, 0.1) is 5.41 Å². The molecule has 0 radical (unpaired) electrons. The highest BCUT2D eigenvalue weighted by Crippen LogP contribution is 2.63. The monoisotopic (exact) mass is 416 g/mol. The van der Waals surface area contributed by atoms with Gasteiger partial charge in [-0.3, -0.25) is 0 Å². The molecule has 1 aliphatic carbocycles. The molecule has 0 unspecified atom stereocenters. The molecule has 4 atom stereocenters. The van der Waals surface area contributed by atoms with Crippen molar-refractivity contribution in [1.29, 1.82) is 0 Å². The van der Waals surface area contributed by atoms with Crippen LogP contribution in [0.1, 0.15) is 66.2 Å². The SMILES string of the molecule is CC1(C)C[C@@H](c2ccccc2)[C@@H](c2ccccc2)[C@H](c2ccccc2)[C@@H]1c1ccccc1. The minimum absolute atomic E-state index is 0.160. The lowest BCUT2D eigenvalue weighted by Crippen LogP contribution is -2.40. The molecule has 0 heterocycles. The van der Waals surface area contributed by atoms with Crippen molar-refractivity contribution in [2.45, 2.75) is 43.9 Å². The molecular weight excluding hydrogens is 384 g/mol. The van der Waals surface area contributed by atoms with Crippen molar-refractivity contribution in [1.82, 2.24) is 0 Å². The second-order valence-corrected chi connectivity index (χ2v) is 9.97. The number of hydrogen-bond donors (Lipinski definition) is 0. The van der Waals surface area contributed by atoms with Crippen LogP contribution >= 0.6 is 0 Å². The maximum Gasteiger partial charge on any atom is -0.00132 e. The molecule has 1 saturated carbocycles. The Morgan fingerprint density at radius 2 is 0.844 bits per heavy atom. The van der Waals surface area contributed by atoms with E-state index >= 15 is 0 Å². The van der Waals surface area contributed by atoms with Crippen molar-refractivity contribution in [2.75, 3.05) is 0 Å². The quantitative estimate of drug-likeness (QED) is 0.312. The first kappa shape index (κ1) is 20.8. The van der Waals surface area contributed by atoms with Crippen molar-refractivity contribution < 1.29 is 0 Å². The molecule has 0 bridgehead atoms. The summed E-state index contributed by atoms with van der Waals surface area (Å²) in [7, 11) is 0. The Balaban J connectivity index is 1.75. The molecule has 0 aliphatic heterocycles. The van der Waals surface area contributed by atoms with Gasteiger partial charge < -0.3 is 0 Å². The van der Waals surface area contributed by atoms with E-state index in [1.165, 1.54) is 28.7 Å². The van der Waals surface area contributed by atoms with Gasteiger partial charge in [0.1, 0.15) is 0 Å². The van der Waals surface area contributed by atoms with Crippen molar-refractivity contribution in [3.63, 3.8) is 0 Å². The average molecular weight is 417 g/mol. The minimum atomic E-state index is 0.160. The predicted molar refractivity (Wildman–Crippen MR) is 135 cm³/mol. The lowest BCUT2D eigenvalue weighted by atomic mass is 9.51. The molecular formula is C32H32. The van der Waals surface area contributed by atoms with Crippen LogP contribution in [0.5, 0.6) is 0 Å². The predicted octanol–water partition coefficient (Wildman–Crippen LogP) is 8.55. The molecule has 0 nitrogen and oxygen atoms in total. The van der Waals surface area contributed by atoms with E-state index in [1.807, 2.05) is 0 Å². The number of benzene rings is 4. The van der Waals surface area contributed by atoms with Crippen LogP contribution in [0.2, 0.25) is 0 Å². The van der Waals surface area contributed by atoms with Crippen molar-refractivity contribution in [3.8, 4) is 0 Å². The van der Waals surface area contributed by atoms with E-state index < -0.39 is 0 Å². The zero-order chi connectivity index (χ0) is 22.0. The average Bonchev–Trinajstić information content (AvgIpc) is 2.85. The van der Waals surface area contributed by atoms with Crippen LogP contribution in [0.4, 0.5) is 0 Å². The van der Waals surface area contributed by atoms with E-state index in [9.17, 15) is 0 Å². The molecule has 4 aromatic carbocycles. The molecule has 4 aromatic rings. The second kappa shape index (κ2) is 8.79. The fourth-order valence-corrected chi connectivity index (χ4v) is 6.30. The lowest BCUT2D eigenvalue weighted by Gasteiger charge is -2.53. The summed E-state index contributed by atoms with van der Waals surface area (Å²) >= 11 is 0. The first-order valence-corrected chi connectivity index (χ1v) is 11.8. The van der Waals surface area contributed by atoms with Crippen LogP contribution in [-0.4, -0.2) is 0 Å². The van der Waals surface area contributed by atoms with Crippen LogP contribution in [0.15, 0.2) is 121 Å². The maximum absolute atomic E-state index is 2.48. The van der Waals surface area contributed by atoms with Gasteiger partial charge in [-0.25, -0.2) is 0 Å². The maximum atomic E-state index is 2.48. The molecule has 0 heteroatoms. The third-order valence-corrected chi connectivity index (χ3v) is 7.52. The Bertz CT molecular complexity index is 1110. The van der Waals surface area contributed by atoms with Crippen LogP contribution in [0.3, 0.4) is 0 Å². The molecule has 0 N–H and O–H groups in total. The standard InChI is InChI=1S/C32H32/c1-32(2)23-28(24-15-7-3-8-16-24)29(25-17-9-4-10-18-25)30(26-19-11-5-12-20-26)31(32)27-21-13-6-14-22-27/h3-22,28-31H,23H2,1-2H3/t28-,29+,30-,31-/m0/s1. The Morgan fingerprint density at radius 1 is 0.469 bits per heavy atom. The highest BCUT2D eigenvalue weighted by Gasteiger charge is 2.50. The molecule has 0 spiro atoms. The van der Waals surface area contributed by atoms with Gasteiger partial charge in [0.25, 0.3) is 0 Å². The Kier molecular flexibility index (Phi) is 5.70. The molecule has 0 aromatic heterocycles. The summed E-state index contributed by atoms with van der Waals surface area (Å²) in [6, 6.07) is 44.9. The van der Waals surface area contributed by atoms with E-state index in [0.717, 1.165) is 0 Å². The molecule has 0 saturated heterocycles. The van der Waals surface area contributed by atoms with Gasteiger partial charge in [0, 0.05) is 0 Å². The van der Waals surface area contributed by atoms with E-state index in [4.69, 9.17) is 0 Å². The van der Waals surface area contributed by atoms with E-state index in [0.29, 0.717) is 23.7 Å². The van der Waals surface area contributed by atoms with Crippen molar-refractivity contribution >= 4 is 0 Å². The Morgan fingerprint density at radius 3 is 1.31 bits per heavy atom. The summed E-state index contributed by atoms with van der Waals surface area (Å²) in [6.45, 7) is 4.97. The molecule has 160 valence electrons. The normalized spacial score (nSPS) is 24.7. The van der Waals surface area contributed by atoms with E-state index in [2.05, 4.69) is 135 Å². The highest BCUT2D eigenvalue weighted by atomic mass is 14.5. The van der Waals surface area contributed by atoms with Gasteiger partial charge in [0.15, 0.2) is 0 Å². The minimum Gasteiger partial charge on any atom is -0.0622 e. The smallest absolute Gasteiger partial charge is 0.00132 e. The summed E-state index contributed by atoms with van der Waals surface area (Å²) < 4.78 is 0. The fourth-order valence-electron chi connectivity index (χ4n) is 6.30. The van der Waals surface area contributed by atoms with Gasteiger partial charge in [-0.1, -0.05) is 135 Å². The van der Waals surface area contributed by atoms with E-state index in [-0.39, 0.29) is 5.41 Å². The number of rotatable bonds is 4. The largest absolute Gasteiger partial charge is 0.0622 e. The molecule has 0 amide bonds. The zero-order valence-corrected chi connectivity index (χ0v) is 19.1. The summed E-state index contributed by atoms with van der Waals surface area (Å²) in [5, 5.41) is 0.